The first-order valence-corrected chi connectivity index (χ1v) is 6.96. The Morgan fingerprint density at radius 3 is 1.52 bits per heavy atom. The van der Waals surface area contributed by atoms with Gasteiger partial charge in [0.05, 0.1) is 0 Å². The Hall–Kier alpha value is -0.885. The first kappa shape index (κ1) is 16.5. The normalized spacial score (nSPS) is 20.4. The Bertz CT molecular complexity index is 626. The van der Waals surface area contributed by atoms with Crippen LogP contribution in [0.3, 0.4) is 0 Å². The van der Waals surface area contributed by atoms with Gasteiger partial charge in [0.1, 0.15) is 0 Å². The van der Waals surface area contributed by atoms with Crippen molar-refractivity contribution < 1.29 is 0 Å². The van der Waals surface area contributed by atoms with Crippen LogP contribution in [0.2, 0.25) is 0 Å². The van der Waals surface area contributed by atoms with E-state index in [1.807, 2.05) is 0 Å². The van der Waals surface area contributed by atoms with Crippen molar-refractivity contribution in [1.29, 1.82) is 0 Å². The summed E-state index contributed by atoms with van der Waals surface area (Å²) in [7, 11) is 0. The van der Waals surface area contributed by atoms with E-state index >= 15 is 0 Å². The molecule has 0 bridgehead atoms. The van der Waals surface area contributed by atoms with Gasteiger partial charge in [-0.1, -0.05) is 72.8 Å². The van der Waals surface area contributed by atoms with Crippen molar-refractivity contribution >= 4 is 49.9 Å². The van der Waals surface area contributed by atoms with E-state index in [2.05, 4.69) is 72.8 Å². The van der Waals surface area contributed by atoms with E-state index in [4.69, 9.17) is 0 Å². The number of rotatable bonds is 2. The monoisotopic (exact) mass is 260 g/mol. The van der Waals surface area contributed by atoms with Crippen molar-refractivity contribution in [1.82, 2.24) is 0 Å². The van der Waals surface area contributed by atoms with Gasteiger partial charge in [-0.05, 0) is 28.7 Å². The van der Waals surface area contributed by atoms with Gasteiger partial charge in [0.25, 0.3) is 0 Å². The molecule has 0 saturated carbocycles. The summed E-state index contributed by atoms with van der Waals surface area (Å²) in [4.78, 5) is 0. The van der Waals surface area contributed by atoms with Gasteiger partial charge in [-0.25, -0.2) is 0 Å². The fourth-order valence-corrected chi connectivity index (χ4v) is 3.33. The molecule has 2 aliphatic rings. The van der Waals surface area contributed by atoms with Crippen molar-refractivity contribution in [2.75, 3.05) is 0 Å². The molecule has 2 heteroatoms. The zero-order valence-corrected chi connectivity index (χ0v) is 10.8. The topological polar surface area (TPSA) is 0 Å². The summed E-state index contributed by atoms with van der Waals surface area (Å²) in [5.41, 5.74) is 5.76. The summed E-state index contributed by atoms with van der Waals surface area (Å²) in [5, 5.41) is 0. The Morgan fingerprint density at radius 2 is 1.05 bits per heavy atom. The summed E-state index contributed by atoms with van der Waals surface area (Å²) < 4.78 is 0. The SMILES string of the molecule is C1=CC(CC2C=Cc3ccccc32)c2ccccc21.[LiH].[LiH]. The molecule has 0 fully saturated rings. The molecule has 0 spiro atoms. The third kappa shape index (κ3) is 3.01. The molecule has 96 valence electrons. The molecule has 2 aliphatic carbocycles. The first-order valence-electron chi connectivity index (χ1n) is 6.96. The van der Waals surface area contributed by atoms with Gasteiger partial charge in [0.2, 0.25) is 0 Å². The van der Waals surface area contributed by atoms with Crippen molar-refractivity contribution in [2.24, 2.45) is 0 Å². The van der Waals surface area contributed by atoms with E-state index in [1.54, 1.807) is 0 Å². The molecule has 0 aromatic heterocycles. The van der Waals surface area contributed by atoms with Crippen LogP contribution in [-0.2, 0) is 0 Å². The van der Waals surface area contributed by atoms with Crippen LogP contribution < -0.4 is 0 Å². The van der Waals surface area contributed by atoms with E-state index < -0.39 is 0 Å². The number of hydrogen-bond donors (Lipinski definition) is 0. The first-order chi connectivity index (χ1) is 9.42. The second-order valence-corrected chi connectivity index (χ2v) is 5.42. The van der Waals surface area contributed by atoms with Crippen molar-refractivity contribution in [3.8, 4) is 0 Å². The second-order valence-electron chi connectivity index (χ2n) is 5.42. The zero-order valence-electron chi connectivity index (χ0n) is 10.8. The molecule has 0 heterocycles. The predicted octanol–water partition coefficient (Wildman–Crippen LogP) is 3.70. The fourth-order valence-electron chi connectivity index (χ4n) is 3.33. The van der Waals surface area contributed by atoms with Gasteiger partial charge in [0.15, 0.2) is 0 Å². The summed E-state index contributed by atoms with van der Waals surface area (Å²) in [6.07, 6.45) is 10.4. The minimum atomic E-state index is 0. The van der Waals surface area contributed by atoms with Gasteiger partial charge >= 0.3 is 37.7 Å². The van der Waals surface area contributed by atoms with Crippen LogP contribution in [0.5, 0.6) is 0 Å². The molecule has 0 radical (unpaired) electrons. The number of fused-ring (bicyclic) bond motifs is 2. The van der Waals surface area contributed by atoms with Crippen LogP contribution in [-0.4, -0.2) is 37.7 Å². The Balaban J connectivity index is 0.000000807. The molecule has 2 aromatic carbocycles. The van der Waals surface area contributed by atoms with Gasteiger partial charge in [-0.2, -0.15) is 0 Å². The molecule has 21 heavy (non-hydrogen) atoms. The van der Waals surface area contributed by atoms with Gasteiger partial charge in [-0.3, -0.25) is 0 Å². The van der Waals surface area contributed by atoms with Crippen molar-refractivity contribution in [3.05, 3.63) is 82.9 Å². The number of allylic oxidation sites excluding steroid dienone is 2. The molecule has 4 rings (SSSR count). The third-order valence-corrected chi connectivity index (χ3v) is 4.32. The number of hydrogen-bond acceptors (Lipinski definition) is 0. The Labute approximate surface area is 150 Å². The summed E-state index contributed by atoms with van der Waals surface area (Å²) in [6.45, 7) is 0. The molecular weight excluding hydrogens is 242 g/mol. The van der Waals surface area contributed by atoms with E-state index in [-0.39, 0.29) is 37.7 Å². The van der Waals surface area contributed by atoms with E-state index in [0.717, 1.165) is 0 Å². The van der Waals surface area contributed by atoms with Crippen LogP contribution >= 0.6 is 0 Å². The van der Waals surface area contributed by atoms with Crippen molar-refractivity contribution in [3.63, 3.8) is 0 Å². The standard InChI is InChI=1S/C19H16.2Li.2H/c1-3-7-18-14(5-1)9-11-16(18)13-17-12-10-15-6-2-4-8-19(15)17;;;;/h1-12,16-17H,13H2;;;;. The second kappa shape index (κ2) is 6.92. The van der Waals surface area contributed by atoms with Crippen LogP contribution in [0.25, 0.3) is 12.2 Å². The van der Waals surface area contributed by atoms with Gasteiger partial charge in [-0.15, -0.1) is 0 Å². The van der Waals surface area contributed by atoms with E-state index in [9.17, 15) is 0 Å². The van der Waals surface area contributed by atoms with Crippen LogP contribution in [0, 0.1) is 0 Å². The quantitative estimate of drug-likeness (QED) is 0.722. The summed E-state index contributed by atoms with van der Waals surface area (Å²) >= 11 is 0. The molecule has 0 amide bonds. The molecular formula is C19H18Li2. The fraction of sp³-hybridized carbons (Fsp3) is 0.158. The maximum atomic E-state index is 2.36. The van der Waals surface area contributed by atoms with Crippen LogP contribution in [0.1, 0.15) is 40.5 Å². The molecule has 2 atom stereocenters. The molecule has 2 unspecified atom stereocenters. The van der Waals surface area contributed by atoms with Gasteiger partial charge < -0.3 is 0 Å². The molecule has 2 aromatic rings. The van der Waals surface area contributed by atoms with Gasteiger partial charge in [0, 0.05) is 11.8 Å². The molecule has 0 saturated heterocycles. The average Bonchev–Trinajstić information content (AvgIpc) is 3.05. The van der Waals surface area contributed by atoms with Crippen LogP contribution in [0.15, 0.2) is 60.7 Å². The molecule has 0 aliphatic heterocycles. The van der Waals surface area contributed by atoms with Crippen molar-refractivity contribution in [2.45, 2.75) is 18.3 Å². The number of benzene rings is 2. The predicted molar refractivity (Wildman–Crippen MR) is 95.3 cm³/mol. The third-order valence-electron chi connectivity index (χ3n) is 4.32. The van der Waals surface area contributed by atoms with E-state index in [0.29, 0.717) is 11.8 Å². The summed E-state index contributed by atoms with van der Waals surface area (Å²) in [6, 6.07) is 17.5. The molecule has 0 N–H and O–H groups in total. The minimum absolute atomic E-state index is 0. The Kier molecular flexibility index (Phi) is 5.43. The van der Waals surface area contributed by atoms with E-state index in [1.165, 1.54) is 28.7 Å². The van der Waals surface area contributed by atoms with Crippen LogP contribution in [0.4, 0.5) is 0 Å². The zero-order chi connectivity index (χ0) is 12.7. The Morgan fingerprint density at radius 1 is 0.619 bits per heavy atom. The molecule has 0 nitrogen and oxygen atoms in total. The maximum absolute atomic E-state index is 2.36. The summed E-state index contributed by atoms with van der Waals surface area (Å²) in [5.74, 6) is 1.13. The average molecular weight is 260 g/mol.